The van der Waals surface area contributed by atoms with E-state index in [-0.39, 0.29) is 12.3 Å². The molecule has 136 valence electrons. The Labute approximate surface area is 149 Å². The van der Waals surface area contributed by atoms with Crippen LogP contribution in [-0.2, 0) is 13.1 Å². The third kappa shape index (κ3) is 6.58. The van der Waals surface area contributed by atoms with E-state index in [0.29, 0.717) is 23.1 Å². The summed E-state index contributed by atoms with van der Waals surface area (Å²) in [6, 6.07) is 6.38. The zero-order valence-electron chi connectivity index (χ0n) is 13.8. The minimum Gasteiger partial charge on any atom is -0.434 e. The van der Waals surface area contributed by atoms with E-state index >= 15 is 0 Å². The predicted octanol–water partition coefficient (Wildman–Crippen LogP) is 2.89. The van der Waals surface area contributed by atoms with Gasteiger partial charge in [-0.25, -0.2) is 0 Å². The quantitative estimate of drug-likeness (QED) is 0.425. The van der Waals surface area contributed by atoms with Crippen molar-refractivity contribution in [3.63, 3.8) is 0 Å². The van der Waals surface area contributed by atoms with Crippen molar-refractivity contribution in [2.24, 2.45) is 4.99 Å². The topological polar surface area (TPSA) is 63.5 Å². The van der Waals surface area contributed by atoms with E-state index < -0.39 is 6.61 Å². The SMILES string of the molecule is CN=C(NCCCn1cccn1)NCc1cc(Cl)ccc1OC(F)F. The summed E-state index contributed by atoms with van der Waals surface area (Å²) in [4.78, 5) is 4.10. The monoisotopic (exact) mass is 371 g/mol. The Morgan fingerprint density at radius 3 is 2.92 bits per heavy atom. The highest BCUT2D eigenvalue weighted by Crippen LogP contribution is 2.24. The molecule has 0 aliphatic rings. The fourth-order valence-electron chi connectivity index (χ4n) is 2.18. The molecule has 2 aromatic rings. The number of guanidine groups is 1. The molecule has 9 heteroatoms. The number of aliphatic imine (C=N–C) groups is 1. The molecule has 1 heterocycles. The Morgan fingerprint density at radius 1 is 1.40 bits per heavy atom. The summed E-state index contributed by atoms with van der Waals surface area (Å²) in [7, 11) is 1.64. The summed E-state index contributed by atoms with van der Waals surface area (Å²) in [5.74, 6) is 0.643. The number of hydrogen-bond donors (Lipinski definition) is 2. The second-order valence-electron chi connectivity index (χ2n) is 5.11. The first-order valence-electron chi connectivity index (χ1n) is 7.73. The highest BCUT2D eigenvalue weighted by atomic mass is 35.5. The molecule has 0 aliphatic carbocycles. The van der Waals surface area contributed by atoms with Gasteiger partial charge >= 0.3 is 6.61 Å². The average molecular weight is 372 g/mol. The molecule has 6 nitrogen and oxygen atoms in total. The molecule has 0 unspecified atom stereocenters. The van der Waals surface area contributed by atoms with E-state index in [1.54, 1.807) is 19.3 Å². The second-order valence-corrected chi connectivity index (χ2v) is 5.54. The minimum atomic E-state index is -2.89. The Balaban J connectivity index is 1.82. The van der Waals surface area contributed by atoms with Crippen LogP contribution in [0.1, 0.15) is 12.0 Å². The Hall–Kier alpha value is -2.35. The number of nitrogens with one attached hydrogen (secondary N) is 2. The Bertz CT molecular complexity index is 679. The fourth-order valence-corrected chi connectivity index (χ4v) is 2.37. The molecule has 2 rings (SSSR count). The van der Waals surface area contributed by atoms with Crippen molar-refractivity contribution >= 4 is 17.6 Å². The van der Waals surface area contributed by atoms with Gasteiger partial charge in [0.05, 0.1) is 0 Å². The van der Waals surface area contributed by atoms with Crippen LogP contribution < -0.4 is 15.4 Å². The largest absolute Gasteiger partial charge is 0.434 e. The highest BCUT2D eigenvalue weighted by Gasteiger charge is 2.11. The molecule has 0 saturated carbocycles. The zero-order valence-corrected chi connectivity index (χ0v) is 14.5. The molecule has 0 bridgehead atoms. The molecular weight excluding hydrogens is 352 g/mol. The number of aromatic nitrogens is 2. The molecule has 0 fully saturated rings. The van der Waals surface area contributed by atoms with Gasteiger partial charge in [-0.2, -0.15) is 13.9 Å². The minimum absolute atomic E-state index is 0.0843. The summed E-state index contributed by atoms with van der Waals surface area (Å²) in [6.45, 7) is -1.16. The zero-order chi connectivity index (χ0) is 18.1. The Morgan fingerprint density at radius 2 is 2.24 bits per heavy atom. The van der Waals surface area contributed by atoms with Crippen LogP contribution >= 0.6 is 11.6 Å². The standard InChI is InChI=1S/C16H20ClF2N5O/c1-20-16(21-6-2-8-24-9-3-7-23-24)22-11-12-10-13(17)4-5-14(12)25-15(18)19/h3-5,7,9-10,15H,2,6,8,11H2,1H3,(H2,20,21,22). The van der Waals surface area contributed by atoms with E-state index in [1.165, 1.54) is 12.1 Å². The molecule has 1 aromatic heterocycles. The first-order valence-corrected chi connectivity index (χ1v) is 8.11. The van der Waals surface area contributed by atoms with Crippen molar-refractivity contribution in [3.8, 4) is 5.75 Å². The van der Waals surface area contributed by atoms with Crippen LogP contribution in [0.25, 0.3) is 0 Å². The lowest BCUT2D eigenvalue weighted by atomic mass is 10.2. The van der Waals surface area contributed by atoms with Crippen LogP contribution in [0.3, 0.4) is 0 Å². The number of benzene rings is 1. The first kappa shape index (κ1) is 19.0. The molecule has 25 heavy (non-hydrogen) atoms. The smallest absolute Gasteiger partial charge is 0.387 e. The molecule has 0 spiro atoms. The number of halogens is 3. The molecule has 0 radical (unpaired) electrons. The summed E-state index contributed by atoms with van der Waals surface area (Å²) in [6.07, 6.45) is 4.49. The van der Waals surface area contributed by atoms with E-state index in [9.17, 15) is 8.78 Å². The average Bonchev–Trinajstić information content (AvgIpc) is 3.09. The van der Waals surface area contributed by atoms with Crippen LogP contribution in [0.5, 0.6) is 5.75 Å². The van der Waals surface area contributed by atoms with Crippen LogP contribution in [0.4, 0.5) is 8.78 Å². The molecule has 0 amide bonds. The molecular formula is C16H20ClF2N5O. The van der Waals surface area contributed by atoms with E-state index in [4.69, 9.17) is 11.6 Å². The number of rotatable bonds is 8. The van der Waals surface area contributed by atoms with Crippen LogP contribution in [0.2, 0.25) is 5.02 Å². The number of aryl methyl sites for hydroxylation is 1. The van der Waals surface area contributed by atoms with Crippen molar-refractivity contribution < 1.29 is 13.5 Å². The van der Waals surface area contributed by atoms with Crippen LogP contribution in [-0.4, -0.2) is 35.9 Å². The van der Waals surface area contributed by atoms with Gasteiger partial charge in [0.25, 0.3) is 0 Å². The molecule has 1 aromatic carbocycles. The van der Waals surface area contributed by atoms with Crippen molar-refractivity contribution in [2.45, 2.75) is 26.1 Å². The molecule has 0 aliphatic heterocycles. The third-order valence-corrected chi connectivity index (χ3v) is 3.56. The second kappa shape index (κ2) is 9.83. The number of alkyl halides is 2. The van der Waals surface area contributed by atoms with Crippen molar-refractivity contribution in [1.82, 2.24) is 20.4 Å². The summed E-state index contributed by atoms with van der Waals surface area (Å²) in [5, 5.41) is 10.8. The fraction of sp³-hybridized carbons (Fsp3) is 0.375. The first-order chi connectivity index (χ1) is 12.1. The summed E-state index contributed by atoms with van der Waals surface area (Å²) >= 11 is 5.93. The maximum Gasteiger partial charge on any atom is 0.387 e. The van der Waals surface area contributed by atoms with Crippen LogP contribution in [0, 0.1) is 0 Å². The lowest BCUT2D eigenvalue weighted by molar-refractivity contribution is -0.0504. The summed E-state index contributed by atoms with van der Waals surface area (Å²) < 4.78 is 31.3. The lowest BCUT2D eigenvalue weighted by Crippen LogP contribution is -2.37. The Kier molecular flexibility index (Phi) is 7.46. The number of nitrogens with zero attached hydrogens (tertiary/aromatic N) is 3. The third-order valence-electron chi connectivity index (χ3n) is 3.32. The highest BCUT2D eigenvalue weighted by molar-refractivity contribution is 6.30. The maximum absolute atomic E-state index is 12.5. The summed E-state index contributed by atoms with van der Waals surface area (Å²) in [5.41, 5.74) is 0.521. The molecule has 0 saturated heterocycles. The van der Waals surface area contributed by atoms with Gasteiger partial charge in [-0.05, 0) is 30.7 Å². The van der Waals surface area contributed by atoms with Gasteiger partial charge in [-0.15, -0.1) is 0 Å². The van der Waals surface area contributed by atoms with Gasteiger partial charge in [0.15, 0.2) is 5.96 Å². The van der Waals surface area contributed by atoms with Gasteiger partial charge in [0, 0.05) is 49.7 Å². The number of ether oxygens (including phenoxy) is 1. The normalized spacial score (nSPS) is 11.6. The van der Waals surface area contributed by atoms with Gasteiger partial charge in [0.1, 0.15) is 5.75 Å². The molecule has 2 N–H and O–H groups in total. The van der Waals surface area contributed by atoms with E-state index in [2.05, 4.69) is 25.5 Å². The van der Waals surface area contributed by atoms with E-state index in [1.807, 2.05) is 16.9 Å². The van der Waals surface area contributed by atoms with Crippen molar-refractivity contribution in [1.29, 1.82) is 0 Å². The van der Waals surface area contributed by atoms with Gasteiger partial charge in [-0.1, -0.05) is 11.6 Å². The van der Waals surface area contributed by atoms with Crippen molar-refractivity contribution in [2.75, 3.05) is 13.6 Å². The number of hydrogen-bond acceptors (Lipinski definition) is 3. The maximum atomic E-state index is 12.5. The van der Waals surface area contributed by atoms with Crippen LogP contribution in [0.15, 0.2) is 41.7 Å². The van der Waals surface area contributed by atoms with Gasteiger partial charge in [-0.3, -0.25) is 9.67 Å². The predicted molar refractivity (Wildman–Crippen MR) is 93.1 cm³/mol. The van der Waals surface area contributed by atoms with Gasteiger partial charge in [0.2, 0.25) is 0 Å². The van der Waals surface area contributed by atoms with E-state index in [0.717, 1.165) is 13.0 Å². The van der Waals surface area contributed by atoms with Crippen molar-refractivity contribution in [3.05, 3.63) is 47.2 Å². The van der Waals surface area contributed by atoms with Gasteiger partial charge < -0.3 is 15.4 Å². The molecule has 0 atom stereocenters. The lowest BCUT2D eigenvalue weighted by Gasteiger charge is -2.15.